The molecule has 0 aliphatic rings. The number of aromatic nitrogens is 1. The molecule has 24 heavy (non-hydrogen) atoms. The molecule has 1 aromatic heterocycles. The highest BCUT2D eigenvalue weighted by Gasteiger charge is 2.13. The molecule has 0 saturated carbocycles. The number of hydrogen-bond donors (Lipinski definition) is 1. The van der Waals surface area contributed by atoms with Crippen LogP contribution in [0.15, 0.2) is 63.8 Å². The van der Waals surface area contributed by atoms with Crippen LogP contribution in [0.4, 0.5) is 0 Å². The van der Waals surface area contributed by atoms with Crippen LogP contribution in [0.25, 0.3) is 23.3 Å². The van der Waals surface area contributed by atoms with E-state index in [4.69, 9.17) is 9.15 Å². The van der Waals surface area contributed by atoms with Crippen molar-refractivity contribution in [3.8, 4) is 22.8 Å². The van der Waals surface area contributed by atoms with E-state index in [-0.39, 0.29) is 17.3 Å². The van der Waals surface area contributed by atoms with Gasteiger partial charge in [0.05, 0.1) is 7.11 Å². The molecule has 5 nitrogen and oxygen atoms in total. The number of benzene rings is 2. The van der Waals surface area contributed by atoms with E-state index in [1.807, 2.05) is 30.3 Å². The van der Waals surface area contributed by atoms with Crippen LogP contribution in [0, 0.1) is 0 Å². The fourth-order valence-electron chi connectivity index (χ4n) is 2.23. The van der Waals surface area contributed by atoms with Crippen LogP contribution < -0.4 is 10.4 Å². The molecule has 3 aromatic rings. The van der Waals surface area contributed by atoms with Crippen molar-refractivity contribution in [2.75, 3.05) is 7.11 Å². The Balaban J connectivity index is 1.90. The van der Waals surface area contributed by atoms with Crippen molar-refractivity contribution >= 4 is 12.2 Å². The number of ether oxygens (including phenoxy) is 1. The average Bonchev–Trinajstić information content (AvgIpc) is 2.61. The van der Waals surface area contributed by atoms with Gasteiger partial charge in [-0.15, -0.1) is 0 Å². The maximum absolute atomic E-state index is 12.1. The summed E-state index contributed by atoms with van der Waals surface area (Å²) in [4.78, 5) is 16.1. The molecule has 0 bridgehead atoms. The van der Waals surface area contributed by atoms with Crippen molar-refractivity contribution in [1.82, 2.24) is 4.98 Å². The normalized spacial score (nSPS) is 10.9. The Morgan fingerprint density at radius 3 is 2.38 bits per heavy atom. The van der Waals surface area contributed by atoms with E-state index in [0.717, 1.165) is 11.3 Å². The number of hydrogen-bond acceptors (Lipinski definition) is 5. The molecular weight excluding hydrogens is 306 g/mol. The summed E-state index contributed by atoms with van der Waals surface area (Å²) >= 11 is 0. The topological polar surface area (TPSA) is 72.6 Å². The van der Waals surface area contributed by atoms with Crippen LogP contribution in [0.2, 0.25) is 0 Å². The lowest BCUT2D eigenvalue weighted by molar-refractivity contribution is 0.413. The highest BCUT2D eigenvalue weighted by molar-refractivity contribution is 5.69. The third-order valence-electron chi connectivity index (χ3n) is 3.44. The third-order valence-corrected chi connectivity index (χ3v) is 3.44. The molecule has 0 atom stereocenters. The third kappa shape index (κ3) is 3.35. The Morgan fingerprint density at radius 1 is 1.04 bits per heavy atom. The quantitative estimate of drug-likeness (QED) is 0.795. The van der Waals surface area contributed by atoms with Crippen LogP contribution in [-0.4, -0.2) is 17.2 Å². The van der Waals surface area contributed by atoms with E-state index in [1.54, 1.807) is 37.5 Å². The first-order chi connectivity index (χ1) is 11.7. The molecule has 2 aromatic carbocycles. The van der Waals surface area contributed by atoms with Gasteiger partial charge in [0.1, 0.15) is 11.3 Å². The second kappa shape index (κ2) is 6.83. The van der Waals surface area contributed by atoms with Gasteiger partial charge in [0, 0.05) is 6.08 Å². The zero-order valence-corrected chi connectivity index (χ0v) is 13.0. The summed E-state index contributed by atoms with van der Waals surface area (Å²) in [5, 5.41) is 10.1. The number of aromatic hydroxyl groups is 1. The Labute approximate surface area is 138 Å². The first-order valence-electron chi connectivity index (χ1n) is 7.29. The van der Waals surface area contributed by atoms with E-state index in [1.165, 1.54) is 6.08 Å². The van der Waals surface area contributed by atoms with Crippen LogP contribution in [-0.2, 0) is 0 Å². The summed E-state index contributed by atoms with van der Waals surface area (Å²) in [6.07, 6.45) is 3.25. The van der Waals surface area contributed by atoms with Gasteiger partial charge in [-0.2, -0.15) is 4.98 Å². The van der Waals surface area contributed by atoms with E-state index in [2.05, 4.69) is 4.98 Å². The van der Waals surface area contributed by atoms with Crippen molar-refractivity contribution in [2.24, 2.45) is 0 Å². The summed E-state index contributed by atoms with van der Waals surface area (Å²) in [6, 6.07) is 16.1. The van der Waals surface area contributed by atoms with Gasteiger partial charge in [-0.25, -0.2) is 4.79 Å². The lowest BCUT2D eigenvalue weighted by atomic mass is 10.1. The minimum Gasteiger partial charge on any atom is -0.497 e. The van der Waals surface area contributed by atoms with Crippen LogP contribution in [0.3, 0.4) is 0 Å². The predicted octanol–water partition coefficient (Wildman–Crippen LogP) is 3.59. The van der Waals surface area contributed by atoms with E-state index < -0.39 is 5.63 Å². The highest BCUT2D eigenvalue weighted by atomic mass is 16.5. The maximum atomic E-state index is 12.1. The zero-order chi connectivity index (χ0) is 16.9. The van der Waals surface area contributed by atoms with Crippen molar-refractivity contribution < 1.29 is 14.3 Å². The number of methoxy groups -OCH3 is 1. The second-order valence-corrected chi connectivity index (χ2v) is 5.01. The highest BCUT2D eigenvalue weighted by Crippen LogP contribution is 2.24. The molecule has 0 amide bonds. The fourth-order valence-corrected chi connectivity index (χ4v) is 2.23. The summed E-state index contributed by atoms with van der Waals surface area (Å²) in [5.74, 6) is 0.432. The number of rotatable bonds is 4. The molecule has 1 heterocycles. The van der Waals surface area contributed by atoms with Crippen LogP contribution in [0.5, 0.6) is 11.6 Å². The number of nitrogens with zero attached hydrogens (tertiary/aromatic N) is 1. The van der Waals surface area contributed by atoms with Gasteiger partial charge in [-0.1, -0.05) is 42.5 Å². The first kappa shape index (κ1) is 15.6. The molecule has 120 valence electrons. The zero-order valence-electron chi connectivity index (χ0n) is 13.0. The van der Waals surface area contributed by atoms with E-state index in [0.29, 0.717) is 5.56 Å². The van der Waals surface area contributed by atoms with Gasteiger partial charge in [0.25, 0.3) is 0 Å². The Hall–Kier alpha value is -3.34. The minimum atomic E-state index is -0.636. The molecule has 3 rings (SSSR count). The summed E-state index contributed by atoms with van der Waals surface area (Å²) in [7, 11) is 1.60. The van der Waals surface area contributed by atoms with Gasteiger partial charge in [-0.3, -0.25) is 0 Å². The fraction of sp³-hybridized carbons (Fsp3) is 0.0526. The monoisotopic (exact) mass is 321 g/mol. The molecule has 0 spiro atoms. The Bertz CT molecular complexity index is 912. The van der Waals surface area contributed by atoms with Crippen LogP contribution >= 0.6 is 0 Å². The molecule has 0 aliphatic carbocycles. The maximum Gasteiger partial charge on any atom is 0.351 e. The average molecular weight is 321 g/mol. The van der Waals surface area contributed by atoms with Gasteiger partial charge < -0.3 is 14.3 Å². The standard InChI is InChI=1S/C19H15NO4/c1-23-15-10-7-13(8-11-15)9-12-16-20-18(21)17(19(22)24-16)14-5-3-2-4-6-14/h2-12,21H,1H3. The second-order valence-electron chi connectivity index (χ2n) is 5.01. The smallest absolute Gasteiger partial charge is 0.351 e. The van der Waals surface area contributed by atoms with Crippen molar-refractivity contribution in [1.29, 1.82) is 0 Å². The van der Waals surface area contributed by atoms with E-state index >= 15 is 0 Å². The van der Waals surface area contributed by atoms with Crippen LogP contribution in [0.1, 0.15) is 11.5 Å². The van der Waals surface area contributed by atoms with Crippen molar-refractivity contribution in [2.45, 2.75) is 0 Å². The molecule has 1 N–H and O–H groups in total. The lowest BCUT2D eigenvalue weighted by Crippen LogP contribution is -2.06. The minimum absolute atomic E-state index is 0.0352. The van der Waals surface area contributed by atoms with E-state index in [9.17, 15) is 9.90 Å². The van der Waals surface area contributed by atoms with Crippen molar-refractivity contribution in [3.05, 3.63) is 76.5 Å². The molecule has 0 radical (unpaired) electrons. The SMILES string of the molecule is COc1ccc(C=Cc2nc(O)c(-c3ccccc3)c(=O)o2)cc1. The van der Waals surface area contributed by atoms with Crippen molar-refractivity contribution in [3.63, 3.8) is 0 Å². The largest absolute Gasteiger partial charge is 0.497 e. The predicted molar refractivity (Wildman–Crippen MR) is 91.8 cm³/mol. The molecule has 0 saturated heterocycles. The van der Waals surface area contributed by atoms with Gasteiger partial charge in [0.15, 0.2) is 0 Å². The first-order valence-corrected chi connectivity index (χ1v) is 7.29. The Kier molecular flexibility index (Phi) is 4.43. The molecule has 0 fully saturated rings. The molecule has 0 unspecified atom stereocenters. The molecule has 5 heteroatoms. The summed E-state index contributed by atoms with van der Waals surface area (Å²) in [6.45, 7) is 0. The van der Waals surface area contributed by atoms with Gasteiger partial charge in [0.2, 0.25) is 11.8 Å². The van der Waals surface area contributed by atoms with Gasteiger partial charge >= 0.3 is 5.63 Å². The molecular formula is C19H15NO4. The van der Waals surface area contributed by atoms with Gasteiger partial charge in [-0.05, 0) is 29.3 Å². The Morgan fingerprint density at radius 2 is 1.75 bits per heavy atom. The summed E-state index contributed by atoms with van der Waals surface area (Å²) in [5.41, 5.74) is 0.856. The lowest BCUT2D eigenvalue weighted by Gasteiger charge is -2.03. The summed E-state index contributed by atoms with van der Waals surface area (Å²) < 4.78 is 10.3. The molecule has 0 aliphatic heterocycles.